The first-order valence-electron chi connectivity index (χ1n) is 5.44. The summed E-state index contributed by atoms with van der Waals surface area (Å²) in [4.78, 5) is 11.5. The van der Waals surface area contributed by atoms with Crippen LogP contribution in [0.4, 0.5) is 10.1 Å². The van der Waals surface area contributed by atoms with Crippen LogP contribution in [0.2, 0.25) is 0 Å². The molecule has 0 saturated heterocycles. The Hall–Kier alpha value is -2.43. The lowest BCUT2D eigenvalue weighted by Gasteiger charge is -2.10. The lowest BCUT2D eigenvalue weighted by atomic mass is 10.2. The molecule has 0 unspecified atom stereocenters. The van der Waals surface area contributed by atoms with Crippen LogP contribution in [0.3, 0.4) is 0 Å². The van der Waals surface area contributed by atoms with Crippen molar-refractivity contribution in [3.63, 3.8) is 0 Å². The first-order valence-corrected chi connectivity index (χ1v) is 5.44. The first-order chi connectivity index (χ1) is 8.70. The van der Waals surface area contributed by atoms with Crippen LogP contribution in [-0.2, 0) is 4.79 Å². The highest BCUT2D eigenvalue weighted by molar-refractivity contribution is 6.00. The van der Waals surface area contributed by atoms with E-state index in [1.165, 1.54) is 18.2 Å². The highest BCUT2D eigenvalue weighted by atomic mass is 19.1. The number of hydrogen-bond donors (Lipinski definition) is 1. The average Bonchev–Trinajstić information content (AvgIpc) is 2.83. The maximum Gasteiger partial charge on any atom is 0.248 e. The van der Waals surface area contributed by atoms with E-state index in [9.17, 15) is 9.18 Å². The molecule has 5 heteroatoms. The quantitative estimate of drug-likeness (QED) is 0.844. The normalized spacial score (nSPS) is 10.8. The van der Waals surface area contributed by atoms with E-state index in [0.717, 1.165) is 0 Å². The molecular formula is C13H12FN3O. The Balaban J connectivity index is 2.38. The third-order valence-corrected chi connectivity index (χ3v) is 2.29. The molecule has 1 N–H and O–H groups in total. The van der Waals surface area contributed by atoms with Crippen molar-refractivity contribution in [1.29, 1.82) is 0 Å². The van der Waals surface area contributed by atoms with Gasteiger partial charge in [-0.1, -0.05) is 6.08 Å². The lowest BCUT2D eigenvalue weighted by Crippen LogP contribution is -2.11. The maximum atomic E-state index is 13.2. The molecule has 0 spiro atoms. The van der Waals surface area contributed by atoms with Crippen molar-refractivity contribution in [2.75, 3.05) is 5.32 Å². The van der Waals surface area contributed by atoms with Crippen molar-refractivity contribution < 1.29 is 9.18 Å². The van der Waals surface area contributed by atoms with Gasteiger partial charge in [-0.2, -0.15) is 5.10 Å². The molecule has 92 valence electrons. The molecule has 0 atom stereocenters. The summed E-state index contributed by atoms with van der Waals surface area (Å²) in [6.07, 6.45) is 6.32. The largest absolute Gasteiger partial charge is 0.321 e. The van der Waals surface area contributed by atoms with Crippen LogP contribution in [0.1, 0.15) is 6.92 Å². The van der Waals surface area contributed by atoms with Crippen molar-refractivity contribution in [2.45, 2.75) is 6.92 Å². The van der Waals surface area contributed by atoms with Crippen LogP contribution in [0.15, 0.2) is 48.8 Å². The molecule has 1 heterocycles. The third-order valence-electron chi connectivity index (χ3n) is 2.29. The summed E-state index contributed by atoms with van der Waals surface area (Å²) in [6.45, 7) is 1.74. The molecule has 1 amide bonds. The van der Waals surface area contributed by atoms with E-state index in [4.69, 9.17) is 0 Å². The summed E-state index contributed by atoms with van der Waals surface area (Å²) >= 11 is 0. The highest BCUT2D eigenvalue weighted by Gasteiger charge is 2.08. The highest BCUT2D eigenvalue weighted by Crippen LogP contribution is 2.20. The average molecular weight is 245 g/mol. The molecule has 0 fully saturated rings. The number of benzene rings is 1. The molecule has 0 bridgehead atoms. The molecule has 2 aromatic rings. The number of hydrogen-bond acceptors (Lipinski definition) is 2. The number of halogens is 1. The van der Waals surface area contributed by atoms with Gasteiger partial charge in [0.15, 0.2) is 0 Å². The van der Waals surface area contributed by atoms with Gasteiger partial charge >= 0.3 is 0 Å². The van der Waals surface area contributed by atoms with Crippen molar-refractivity contribution in [3.05, 3.63) is 54.6 Å². The fraction of sp³-hybridized carbons (Fsp3) is 0.0769. The van der Waals surface area contributed by atoms with E-state index >= 15 is 0 Å². The summed E-state index contributed by atoms with van der Waals surface area (Å²) in [6, 6.07) is 5.90. The summed E-state index contributed by atoms with van der Waals surface area (Å²) in [5.41, 5.74) is 0.987. The lowest BCUT2D eigenvalue weighted by molar-refractivity contribution is -0.111. The Labute approximate surface area is 104 Å². The van der Waals surface area contributed by atoms with E-state index in [1.807, 2.05) is 0 Å². The number of carbonyl (C=O) groups is 1. The van der Waals surface area contributed by atoms with Gasteiger partial charge in [-0.3, -0.25) is 4.79 Å². The predicted octanol–water partition coefficient (Wildman–Crippen LogP) is 2.53. The van der Waals surface area contributed by atoms with Gasteiger partial charge in [0.1, 0.15) is 5.82 Å². The van der Waals surface area contributed by atoms with Crippen LogP contribution >= 0.6 is 0 Å². The zero-order valence-corrected chi connectivity index (χ0v) is 9.80. The summed E-state index contributed by atoms with van der Waals surface area (Å²) in [5.74, 6) is -0.724. The summed E-state index contributed by atoms with van der Waals surface area (Å²) in [7, 11) is 0. The van der Waals surface area contributed by atoms with Crippen molar-refractivity contribution >= 4 is 11.6 Å². The Morgan fingerprint density at radius 2 is 2.33 bits per heavy atom. The molecule has 1 aromatic carbocycles. The molecular weight excluding hydrogens is 233 g/mol. The van der Waals surface area contributed by atoms with Crippen LogP contribution in [-0.4, -0.2) is 15.7 Å². The Morgan fingerprint density at radius 3 is 3.00 bits per heavy atom. The van der Waals surface area contributed by atoms with Crippen molar-refractivity contribution in [1.82, 2.24) is 9.78 Å². The molecule has 0 aliphatic carbocycles. The minimum atomic E-state index is -0.415. The second-order valence-electron chi connectivity index (χ2n) is 3.60. The van der Waals surface area contributed by atoms with E-state index in [0.29, 0.717) is 11.4 Å². The summed E-state index contributed by atoms with van der Waals surface area (Å²) < 4.78 is 14.8. The fourth-order valence-electron chi connectivity index (χ4n) is 1.55. The van der Waals surface area contributed by atoms with E-state index in [-0.39, 0.29) is 5.91 Å². The number of anilines is 1. The second kappa shape index (κ2) is 5.27. The molecule has 0 radical (unpaired) electrons. The number of rotatable bonds is 3. The predicted molar refractivity (Wildman–Crippen MR) is 67.0 cm³/mol. The zero-order valence-electron chi connectivity index (χ0n) is 9.80. The Bertz CT molecular complexity index is 576. The number of nitrogens with zero attached hydrogens (tertiary/aromatic N) is 2. The van der Waals surface area contributed by atoms with Crippen LogP contribution < -0.4 is 5.32 Å². The Kier molecular flexibility index (Phi) is 3.52. The first kappa shape index (κ1) is 12.0. The van der Waals surface area contributed by atoms with Gasteiger partial charge in [0.25, 0.3) is 0 Å². The monoisotopic (exact) mass is 245 g/mol. The zero-order chi connectivity index (χ0) is 13.0. The topological polar surface area (TPSA) is 46.9 Å². The summed E-state index contributed by atoms with van der Waals surface area (Å²) in [5, 5.41) is 6.67. The van der Waals surface area contributed by atoms with Crippen molar-refractivity contribution in [3.8, 4) is 5.69 Å². The molecule has 18 heavy (non-hydrogen) atoms. The van der Waals surface area contributed by atoms with Gasteiger partial charge < -0.3 is 5.32 Å². The van der Waals surface area contributed by atoms with Gasteiger partial charge in [0, 0.05) is 12.4 Å². The maximum absolute atomic E-state index is 13.2. The van der Waals surface area contributed by atoms with Gasteiger partial charge in [0.05, 0.1) is 11.4 Å². The van der Waals surface area contributed by atoms with Gasteiger partial charge in [0.2, 0.25) is 5.91 Å². The molecule has 0 saturated carbocycles. The number of allylic oxidation sites excluding steroid dienone is 1. The smallest absolute Gasteiger partial charge is 0.248 e. The number of amides is 1. The second-order valence-corrected chi connectivity index (χ2v) is 3.60. The van der Waals surface area contributed by atoms with E-state index in [2.05, 4.69) is 10.4 Å². The van der Waals surface area contributed by atoms with E-state index in [1.54, 1.807) is 42.2 Å². The number of carbonyl (C=O) groups excluding carboxylic acids is 1. The van der Waals surface area contributed by atoms with Crippen LogP contribution in [0, 0.1) is 5.82 Å². The number of aromatic nitrogens is 2. The molecule has 0 aliphatic heterocycles. The molecule has 1 aromatic heterocycles. The standard InChI is InChI=1S/C13H12FN3O/c1-2-4-13(18)16-11-9-10(14)5-6-12(11)17-8-3-7-15-17/h2-9H,1H3,(H,16,18)/b4-2+. The Morgan fingerprint density at radius 1 is 1.50 bits per heavy atom. The van der Waals surface area contributed by atoms with Crippen LogP contribution in [0.5, 0.6) is 0 Å². The van der Waals surface area contributed by atoms with Crippen LogP contribution in [0.25, 0.3) is 5.69 Å². The van der Waals surface area contributed by atoms with Gasteiger partial charge in [-0.15, -0.1) is 0 Å². The van der Waals surface area contributed by atoms with Gasteiger partial charge in [-0.05, 0) is 37.3 Å². The van der Waals surface area contributed by atoms with Crippen molar-refractivity contribution in [2.24, 2.45) is 0 Å². The number of nitrogens with one attached hydrogen (secondary N) is 1. The minimum absolute atomic E-state index is 0.309. The van der Waals surface area contributed by atoms with Gasteiger partial charge in [-0.25, -0.2) is 9.07 Å². The SMILES string of the molecule is C/C=C/C(=O)Nc1cc(F)ccc1-n1cccn1. The fourth-order valence-corrected chi connectivity index (χ4v) is 1.55. The molecule has 2 rings (SSSR count). The molecule has 0 aliphatic rings. The third kappa shape index (κ3) is 2.63. The molecule has 4 nitrogen and oxygen atoms in total. The van der Waals surface area contributed by atoms with E-state index < -0.39 is 5.82 Å². The minimum Gasteiger partial charge on any atom is -0.321 e.